The monoisotopic (exact) mass is 310 g/mol. The van der Waals surface area contributed by atoms with Crippen LogP contribution in [0.5, 0.6) is 0 Å². The second kappa shape index (κ2) is 6.13. The van der Waals surface area contributed by atoms with Crippen LogP contribution in [0.25, 0.3) is 0 Å². The molecular formula is C15H16F2N2O3. The third-order valence-electron chi connectivity index (χ3n) is 3.59. The topological polar surface area (TPSA) is 58.6 Å². The number of methoxy groups -OCH3 is 1. The largest absolute Gasteiger partial charge is 0.466 e. The van der Waals surface area contributed by atoms with Crippen molar-refractivity contribution >= 4 is 12.0 Å². The number of halogens is 2. The molecule has 0 spiro atoms. The Morgan fingerprint density at radius 2 is 2.05 bits per heavy atom. The quantitative estimate of drug-likeness (QED) is 0.873. The van der Waals surface area contributed by atoms with E-state index in [1.807, 2.05) is 0 Å². The Morgan fingerprint density at radius 3 is 2.59 bits per heavy atom. The van der Waals surface area contributed by atoms with Gasteiger partial charge in [0.05, 0.1) is 18.7 Å². The van der Waals surface area contributed by atoms with Crippen molar-refractivity contribution in [2.24, 2.45) is 0 Å². The van der Waals surface area contributed by atoms with Crippen LogP contribution in [0.4, 0.5) is 13.6 Å². The zero-order valence-corrected chi connectivity index (χ0v) is 12.4. The average Bonchev–Trinajstić information content (AvgIpc) is 2.49. The SMILES string of the molecule is CCN1C(=O)N[C@@H](c2ccc(F)c(F)c2)C(C(=O)OC)=C1C. The molecule has 0 saturated heterocycles. The first-order valence-electron chi connectivity index (χ1n) is 6.72. The Hall–Kier alpha value is -2.44. The highest BCUT2D eigenvalue weighted by Crippen LogP contribution is 2.31. The number of carbonyl (C=O) groups is 2. The van der Waals surface area contributed by atoms with Gasteiger partial charge in [-0.1, -0.05) is 6.07 Å². The van der Waals surface area contributed by atoms with Crippen LogP contribution in [-0.4, -0.2) is 30.6 Å². The minimum absolute atomic E-state index is 0.190. The lowest BCUT2D eigenvalue weighted by Crippen LogP contribution is -2.47. The Kier molecular flexibility index (Phi) is 4.44. The number of hydrogen-bond donors (Lipinski definition) is 1. The molecule has 1 heterocycles. The average molecular weight is 310 g/mol. The van der Waals surface area contributed by atoms with Gasteiger partial charge < -0.3 is 10.1 Å². The summed E-state index contributed by atoms with van der Waals surface area (Å²) in [5, 5.41) is 2.62. The summed E-state index contributed by atoms with van der Waals surface area (Å²) >= 11 is 0. The maximum Gasteiger partial charge on any atom is 0.337 e. The Morgan fingerprint density at radius 1 is 1.36 bits per heavy atom. The third-order valence-corrected chi connectivity index (χ3v) is 3.59. The molecule has 1 aliphatic heterocycles. The maximum absolute atomic E-state index is 13.5. The van der Waals surface area contributed by atoms with E-state index in [-0.39, 0.29) is 11.1 Å². The Bertz CT molecular complexity index is 658. The van der Waals surface area contributed by atoms with Gasteiger partial charge in [-0.05, 0) is 31.5 Å². The fourth-order valence-electron chi connectivity index (χ4n) is 2.48. The minimum Gasteiger partial charge on any atom is -0.466 e. The molecule has 118 valence electrons. The minimum atomic E-state index is -1.05. The first-order chi connectivity index (χ1) is 10.4. The first-order valence-corrected chi connectivity index (χ1v) is 6.72. The molecule has 1 aliphatic rings. The maximum atomic E-state index is 13.5. The van der Waals surface area contributed by atoms with Crippen LogP contribution in [0.15, 0.2) is 29.5 Å². The van der Waals surface area contributed by atoms with Crippen molar-refractivity contribution in [3.8, 4) is 0 Å². The molecule has 1 atom stereocenters. The van der Waals surface area contributed by atoms with Crippen LogP contribution in [0.3, 0.4) is 0 Å². The molecule has 0 saturated carbocycles. The molecule has 0 radical (unpaired) electrons. The predicted octanol–water partition coefficient (Wildman–Crippen LogP) is 2.50. The van der Waals surface area contributed by atoms with Crippen molar-refractivity contribution in [2.45, 2.75) is 19.9 Å². The highest BCUT2D eigenvalue weighted by atomic mass is 19.2. The van der Waals surface area contributed by atoms with Crippen LogP contribution in [-0.2, 0) is 9.53 Å². The number of urea groups is 1. The van der Waals surface area contributed by atoms with Gasteiger partial charge in [-0.3, -0.25) is 4.90 Å². The smallest absolute Gasteiger partial charge is 0.337 e. The molecule has 1 aromatic carbocycles. The fraction of sp³-hybridized carbons (Fsp3) is 0.333. The van der Waals surface area contributed by atoms with E-state index in [0.717, 1.165) is 12.1 Å². The van der Waals surface area contributed by atoms with Gasteiger partial charge in [-0.15, -0.1) is 0 Å². The number of amides is 2. The summed E-state index contributed by atoms with van der Waals surface area (Å²) in [6.07, 6.45) is 0. The molecule has 22 heavy (non-hydrogen) atoms. The number of hydrogen-bond acceptors (Lipinski definition) is 3. The summed E-state index contributed by atoms with van der Waals surface area (Å²) in [5.74, 6) is -2.68. The molecule has 2 rings (SSSR count). The Labute approximate surface area is 126 Å². The molecule has 1 aromatic rings. The number of allylic oxidation sites excluding steroid dienone is 1. The molecule has 5 nitrogen and oxygen atoms in total. The molecule has 2 amide bonds. The molecule has 0 fully saturated rings. The summed E-state index contributed by atoms with van der Waals surface area (Å²) < 4.78 is 31.3. The summed E-state index contributed by atoms with van der Waals surface area (Å²) in [6, 6.07) is 1.92. The Balaban J connectivity index is 2.57. The van der Waals surface area contributed by atoms with Crippen LogP contribution in [0, 0.1) is 11.6 Å². The highest BCUT2D eigenvalue weighted by Gasteiger charge is 2.35. The lowest BCUT2D eigenvalue weighted by Gasteiger charge is -2.34. The fourth-order valence-corrected chi connectivity index (χ4v) is 2.48. The number of nitrogens with zero attached hydrogens (tertiary/aromatic N) is 1. The number of benzene rings is 1. The molecule has 0 aromatic heterocycles. The highest BCUT2D eigenvalue weighted by molar-refractivity contribution is 5.94. The van der Waals surface area contributed by atoms with Crippen molar-refractivity contribution in [1.82, 2.24) is 10.2 Å². The van der Waals surface area contributed by atoms with Crippen LogP contribution < -0.4 is 5.32 Å². The van der Waals surface area contributed by atoms with E-state index in [0.29, 0.717) is 12.2 Å². The summed E-state index contributed by atoms with van der Waals surface area (Å²) in [7, 11) is 1.22. The van der Waals surface area contributed by atoms with Crippen LogP contribution >= 0.6 is 0 Å². The number of rotatable bonds is 3. The second-order valence-corrected chi connectivity index (χ2v) is 4.79. The van der Waals surface area contributed by atoms with E-state index in [4.69, 9.17) is 4.74 Å². The zero-order chi connectivity index (χ0) is 16.4. The van der Waals surface area contributed by atoms with Gasteiger partial charge in [0.25, 0.3) is 0 Å². The number of esters is 1. The standard InChI is InChI=1S/C15H16F2N2O3/c1-4-19-8(2)12(14(20)22-3)13(18-15(19)21)9-5-6-10(16)11(17)7-9/h5-7,13H,4H2,1-3H3,(H,18,21)/t13-/m0/s1. The van der Waals surface area contributed by atoms with E-state index in [1.54, 1.807) is 13.8 Å². The van der Waals surface area contributed by atoms with Crippen molar-refractivity contribution in [1.29, 1.82) is 0 Å². The lowest BCUT2D eigenvalue weighted by atomic mass is 9.95. The molecule has 0 bridgehead atoms. The van der Waals surface area contributed by atoms with Gasteiger partial charge in [0.2, 0.25) is 0 Å². The van der Waals surface area contributed by atoms with E-state index in [9.17, 15) is 18.4 Å². The lowest BCUT2D eigenvalue weighted by molar-refractivity contribution is -0.136. The van der Waals surface area contributed by atoms with Crippen molar-refractivity contribution in [3.05, 3.63) is 46.7 Å². The van der Waals surface area contributed by atoms with Crippen molar-refractivity contribution in [3.63, 3.8) is 0 Å². The van der Waals surface area contributed by atoms with Gasteiger partial charge in [0.1, 0.15) is 0 Å². The first kappa shape index (κ1) is 15.9. The second-order valence-electron chi connectivity index (χ2n) is 4.79. The zero-order valence-electron chi connectivity index (χ0n) is 12.4. The van der Waals surface area contributed by atoms with Crippen LogP contribution in [0.1, 0.15) is 25.5 Å². The molecule has 7 heteroatoms. The van der Waals surface area contributed by atoms with Crippen molar-refractivity contribution in [2.75, 3.05) is 13.7 Å². The third kappa shape index (κ3) is 2.66. The molecule has 0 aliphatic carbocycles. The summed E-state index contributed by atoms with van der Waals surface area (Å²) in [4.78, 5) is 25.5. The van der Waals surface area contributed by atoms with Crippen LogP contribution in [0.2, 0.25) is 0 Å². The van der Waals surface area contributed by atoms with E-state index in [1.165, 1.54) is 18.1 Å². The molecule has 0 unspecified atom stereocenters. The van der Waals surface area contributed by atoms with E-state index >= 15 is 0 Å². The van der Waals surface area contributed by atoms with Gasteiger partial charge in [0.15, 0.2) is 11.6 Å². The number of ether oxygens (including phenoxy) is 1. The summed E-state index contributed by atoms with van der Waals surface area (Å²) in [5.41, 5.74) is 0.880. The van der Waals surface area contributed by atoms with Crippen molar-refractivity contribution < 1.29 is 23.1 Å². The molecular weight excluding hydrogens is 294 g/mol. The van der Waals surface area contributed by atoms with Gasteiger partial charge in [-0.25, -0.2) is 18.4 Å². The summed E-state index contributed by atoms with van der Waals surface area (Å²) in [6.45, 7) is 3.74. The van der Waals surface area contributed by atoms with Gasteiger partial charge in [0, 0.05) is 12.2 Å². The predicted molar refractivity (Wildman–Crippen MR) is 74.7 cm³/mol. The van der Waals surface area contributed by atoms with Gasteiger partial charge in [-0.2, -0.15) is 0 Å². The molecule has 1 N–H and O–H groups in total. The number of nitrogens with one attached hydrogen (secondary N) is 1. The van der Waals surface area contributed by atoms with E-state index < -0.39 is 29.7 Å². The number of carbonyl (C=O) groups excluding carboxylic acids is 2. The normalized spacial score (nSPS) is 18.3. The van der Waals surface area contributed by atoms with Gasteiger partial charge >= 0.3 is 12.0 Å². The van der Waals surface area contributed by atoms with E-state index in [2.05, 4.69) is 5.32 Å².